The van der Waals surface area contributed by atoms with Gasteiger partial charge in [-0.25, -0.2) is 0 Å². The Morgan fingerprint density at radius 3 is 1.82 bits per heavy atom. The van der Waals surface area contributed by atoms with Gasteiger partial charge in [0.1, 0.15) is 0 Å². The van der Waals surface area contributed by atoms with E-state index in [9.17, 15) is 5.11 Å². The first-order chi connectivity index (χ1) is 7.63. The lowest BCUT2D eigenvalue weighted by molar-refractivity contribution is -0.0405. The number of benzene rings is 1. The summed E-state index contributed by atoms with van der Waals surface area (Å²) >= 11 is 0. The summed E-state index contributed by atoms with van der Waals surface area (Å²) in [5.41, 5.74) is 1.77. The standard InChI is InChI=1S/C16H26O/c1-12(2)14-9-7-13(8-10-14)11-16(6,17)15(3,4)5/h7-10,12,17H,11H2,1-6H3. The molecule has 0 aliphatic heterocycles. The van der Waals surface area contributed by atoms with Gasteiger partial charge in [0, 0.05) is 6.42 Å². The largest absolute Gasteiger partial charge is 0.389 e. The fourth-order valence-corrected chi connectivity index (χ4v) is 1.68. The summed E-state index contributed by atoms with van der Waals surface area (Å²) in [6, 6.07) is 8.60. The van der Waals surface area contributed by atoms with Gasteiger partial charge in [-0.15, -0.1) is 0 Å². The van der Waals surface area contributed by atoms with Gasteiger partial charge in [-0.1, -0.05) is 58.9 Å². The summed E-state index contributed by atoms with van der Waals surface area (Å²) in [4.78, 5) is 0. The molecule has 1 rings (SSSR count). The Morgan fingerprint density at radius 1 is 1.00 bits per heavy atom. The van der Waals surface area contributed by atoms with Crippen LogP contribution in [0.5, 0.6) is 0 Å². The summed E-state index contributed by atoms with van der Waals surface area (Å²) in [7, 11) is 0. The third-order valence-corrected chi connectivity index (χ3v) is 3.81. The van der Waals surface area contributed by atoms with E-state index in [4.69, 9.17) is 0 Å². The second-order valence-electron chi connectivity index (χ2n) is 6.60. The second-order valence-corrected chi connectivity index (χ2v) is 6.60. The molecule has 17 heavy (non-hydrogen) atoms. The monoisotopic (exact) mass is 234 g/mol. The summed E-state index contributed by atoms with van der Waals surface area (Å²) in [6.07, 6.45) is 0.703. The van der Waals surface area contributed by atoms with E-state index in [1.165, 1.54) is 11.1 Å². The molecule has 0 heterocycles. The third kappa shape index (κ3) is 3.57. The average Bonchev–Trinajstić information content (AvgIpc) is 2.16. The summed E-state index contributed by atoms with van der Waals surface area (Å²) < 4.78 is 0. The molecule has 0 amide bonds. The molecule has 1 unspecified atom stereocenters. The molecule has 1 atom stereocenters. The van der Waals surface area contributed by atoms with Crippen molar-refractivity contribution in [2.24, 2.45) is 5.41 Å². The lowest BCUT2D eigenvalue weighted by atomic mass is 9.74. The van der Waals surface area contributed by atoms with E-state index in [1.807, 2.05) is 6.92 Å². The van der Waals surface area contributed by atoms with Crippen molar-refractivity contribution in [2.75, 3.05) is 0 Å². The summed E-state index contributed by atoms with van der Waals surface area (Å²) in [5.74, 6) is 0.562. The lowest BCUT2D eigenvalue weighted by Crippen LogP contribution is -2.41. The Kier molecular flexibility index (Phi) is 4.03. The molecule has 0 aliphatic rings. The van der Waals surface area contributed by atoms with Crippen LogP contribution in [0, 0.1) is 5.41 Å². The first kappa shape index (κ1) is 14.2. The molecular formula is C16H26O. The van der Waals surface area contributed by atoms with Gasteiger partial charge in [0.15, 0.2) is 0 Å². The van der Waals surface area contributed by atoms with E-state index in [0.29, 0.717) is 12.3 Å². The van der Waals surface area contributed by atoms with Crippen LogP contribution in [-0.2, 0) is 6.42 Å². The maximum absolute atomic E-state index is 10.5. The Bertz CT molecular complexity index is 352. The SMILES string of the molecule is CC(C)c1ccc(CC(C)(O)C(C)(C)C)cc1. The summed E-state index contributed by atoms with van der Waals surface area (Å²) in [6.45, 7) is 12.5. The molecular weight excluding hydrogens is 208 g/mol. The Hall–Kier alpha value is -0.820. The molecule has 1 aromatic carbocycles. The Morgan fingerprint density at radius 2 is 1.47 bits per heavy atom. The number of hydrogen-bond acceptors (Lipinski definition) is 1. The van der Waals surface area contributed by atoms with E-state index < -0.39 is 5.60 Å². The van der Waals surface area contributed by atoms with E-state index in [-0.39, 0.29) is 5.41 Å². The van der Waals surface area contributed by atoms with Crippen LogP contribution in [0.2, 0.25) is 0 Å². The van der Waals surface area contributed by atoms with Gasteiger partial charge in [-0.3, -0.25) is 0 Å². The Balaban J connectivity index is 2.83. The normalized spacial score (nSPS) is 16.0. The van der Waals surface area contributed by atoms with Crippen molar-refractivity contribution in [3.05, 3.63) is 35.4 Å². The van der Waals surface area contributed by atoms with Crippen molar-refractivity contribution < 1.29 is 5.11 Å². The van der Waals surface area contributed by atoms with Crippen LogP contribution in [0.25, 0.3) is 0 Å². The van der Waals surface area contributed by atoms with Crippen LogP contribution in [0.15, 0.2) is 24.3 Å². The minimum Gasteiger partial charge on any atom is -0.389 e. The molecule has 0 bridgehead atoms. The molecule has 1 heteroatoms. The fraction of sp³-hybridized carbons (Fsp3) is 0.625. The fourth-order valence-electron chi connectivity index (χ4n) is 1.68. The highest BCUT2D eigenvalue weighted by molar-refractivity contribution is 5.26. The van der Waals surface area contributed by atoms with Gasteiger partial charge in [0.2, 0.25) is 0 Å². The maximum atomic E-state index is 10.5. The van der Waals surface area contributed by atoms with Gasteiger partial charge in [0.25, 0.3) is 0 Å². The van der Waals surface area contributed by atoms with E-state index in [0.717, 1.165) is 0 Å². The molecule has 0 aliphatic carbocycles. The molecule has 1 aromatic rings. The zero-order valence-electron chi connectivity index (χ0n) is 12.0. The van der Waals surface area contributed by atoms with Crippen LogP contribution >= 0.6 is 0 Å². The van der Waals surface area contributed by atoms with Crippen molar-refractivity contribution >= 4 is 0 Å². The van der Waals surface area contributed by atoms with Gasteiger partial charge < -0.3 is 5.11 Å². The quantitative estimate of drug-likeness (QED) is 0.833. The van der Waals surface area contributed by atoms with Crippen LogP contribution in [-0.4, -0.2) is 10.7 Å². The highest BCUT2D eigenvalue weighted by atomic mass is 16.3. The van der Waals surface area contributed by atoms with E-state index in [1.54, 1.807) is 0 Å². The molecule has 1 nitrogen and oxygen atoms in total. The highest BCUT2D eigenvalue weighted by Gasteiger charge is 2.35. The smallest absolute Gasteiger partial charge is 0.0707 e. The number of hydrogen-bond donors (Lipinski definition) is 1. The van der Waals surface area contributed by atoms with Crippen molar-refractivity contribution in [1.29, 1.82) is 0 Å². The van der Waals surface area contributed by atoms with Gasteiger partial charge in [0.05, 0.1) is 5.60 Å². The van der Waals surface area contributed by atoms with Crippen molar-refractivity contribution in [3.63, 3.8) is 0 Å². The van der Waals surface area contributed by atoms with Crippen molar-refractivity contribution in [2.45, 2.75) is 59.5 Å². The minimum atomic E-state index is -0.674. The zero-order chi connectivity index (χ0) is 13.3. The maximum Gasteiger partial charge on any atom is 0.0707 e. The lowest BCUT2D eigenvalue weighted by Gasteiger charge is -2.37. The minimum absolute atomic E-state index is 0.107. The van der Waals surface area contributed by atoms with Crippen LogP contribution in [0.3, 0.4) is 0 Å². The Labute approximate surface area is 106 Å². The zero-order valence-corrected chi connectivity index (χ0v) is 12.0. The molecule has 0 radical (unpaired) electrons. The van der Waals surface area contributed by atoms with E-state index in [2.05, 4.69) is 58.9 Å². The molecule has 0 saturated carbocycles. The molecule has 1 N–H and O–H groups in total. The van der Waals surface area contributed by atoms with Crippen molar-refractivity contribution in [1.82, 2.24) is 0 Å². The molecule has 0 spiro atoms. The summed E-state index contributed by atoms with van der Waals surface area (Å²) in [5, 5.41) is 10.5. The second kappa shape index (κ2) is 4.81. The predicted molar refractivity (Wildman–Crippen MR) is 74.3 cm³/mol. The van der Waals surface area contributed by atoms with Gasteiger partial charge in [-0.05, 0) is 29.4 Å². The number of rotatable bonds is 3. The topological polar surface area (TPSA) is 20.2 Å². The van der Waals surface area contributed by atoms with Crippen molar-refractivity contribution in [3.8, 4) is 0 Å². The predicted octanol–water partition coefficient (Wildman–Crippen LogP) is 4.15. The molecule has 0 saturated heterocycles. The first-order valence-corrected chi connectivity index (χ1v) is 6.45. The molecule has 0 aromatic heterocycles. The van der Waals surface area contributed by atoms with Crippen LogP contribution in [0.1, 0.15) is 58.6 Å². The third-order valence-electron chi connectivity index (χ3n) is 3.81. The van der Waals surface area contributed by atoms with Crippen LogP contribution in [0.4, 0.5) is 0 Å². The van der Waals surface area contributed by atoms with Crippen LogP contribution < -0.4 is 0 Å². The highest BCUT2D eigenvalue weighted by Crippen LogP contribution is 2.33. The van der Waals surface area contributed by atoms with Gasteiger partial charge >= 0.3 is 0 Å². The molecule has 96 valence electrons. The van der Waals surface area contributed by atoms with Gasteiger partial charge in [-0.2, -0.15) is 0 Å². The first-order valence-electron chi connectivity index (χ1n) is 6.45. The average molecular weight is 234 g/mol. The van der Waals surface area contributed by atoms with E-state index >= 15 is 0 Å². The number of aliphatic hydroxyl groups is 1. The molecule has 0 fully saturated rings.